The Labute approximate surface area is 209 Å². The molecule has 2 aromatic carbocycles. The fourth-order valence-electron chi connectivity index (χ4n) is 4.99. The molecule has 1 fully saturated rings. The number of carbonyl (C=O) groups is 2. The van der Waals surface area contributed by atoms with Gasteiger partial charge in [0.2, 0.25) is 18.6 Å². The molecule has 0 saturated carbocycles. The highest BCUT2D eigenvalue weighted by Gasteiger charge is 2.46. The van der Waals surface area contributed by atoms with E-state index >= 15 is 0 Å². The van der Waals surface area contributed by atoms with E-state index in [0.717, 1.165) is 11.1 Å². The fraction of sp³-hybridized carbons (Fsp3) is 0.462. The predicted molar refractivity (Wildman–Crippen MR) is 130 cm³/mol. The van der Waals surface area contributed by atoms with Crippen molar-refractivity contribution in [3.8, 4) is 17.2 Å². The molecule has 36 heavy (non-hydrogen) atoms. The molecule has 0 aliphatic carbocycles. The Morgan fingerprint density at radius 2 is 1.86 bits per heavy atom. The molecule has 0 bridgehead atoms. The smallest absolute Gasteiger partial charge is 0.238 e. The fourth-order valence-corrected chi connectivity index (χ4v) is 4.99. The van der Waals surface area contributed by atoms with Crippen molar-refractivity contribution >= 4 is 17.5 Å². The van der Waals surface area contributed by atoms with Gasteiger partial charge in [-0.05, 0) is 56.4 Å². The van der Waals surface area contributed by atoms with Crippen LogP contribution >= 0.6 is 0 Å². The van der Waals surface area contributed by atoms with Gasteiger partial charge in [-0.1, -0.05) is 6.07 Å². The first-order valence-electron chi connectivity index (χ1n) is 12.1. The summed E-state index contributed by atoms with van der Waals surface area (Å²) in [5, 5.41) is 15.8. The van der Waals surface area contributed by atoms with E-state index in [4.69, 9.17) is 18.9 Å². The highest BCUT2D eigenvalue weighted by Crippen LogP contribution is 2.47. The Morgan fingerprint density at radius 1 is 1.06 bits per heavy atom. The number of rotatable bonds is 8. The van der Waals surface area contributed by atoms with Gasteiger partial charge in [-0.2, -0.15) is 0 Å². The number of aliphatic hydroxyl groups excluding tert-OH is 1. The maximum atomic E-state index is 12.7. The zero-order chi connectivity index (χ0) is 25.2. The molecule has 0 unspecified atom stereocenters. The SMILES string of the molecule is CN(C)CC(=O)Nc1ccc2c(c1)[C@H]1C[C@@H](CC(=O)NCc3ccc4c(c3)OCO4)O[C@@H](CO)[C@H]1O2. The number of aliphatic hydroxyl groups is 1. The zero-order valence-electron chi connectivity index (χ0n) is 20.4. The third-order valence-electron chi connectivity index (χ3n) is 6.58. The maximum absolute atomic E-state index is 12.7. The highest BCUT2D eigenvalue weighted by molar-refractivity contribution is 5.92. The summed E-state index contributed by atoms with van der Waals surface area (Å²) >= 11 is 0. The Hall–Kier alpha value is -3.34. The molecule has 3 heterocycles. The summed E-state index contributed by atoms with van der Waals surface area (Å²) in [5.41, 5.74) is 2.55. The molecule has 3 aliphatic heterocycles. The first-order valence-corrected chi connectivity index (χ1v) is 12.1. The van der Waals surface area contributed by atoms with Crippen molar-refractivity contribution in [1.29, 1.82) is 0 Å². The number of hydrogen-bond donors (Lipinski definition) is 3. The Morgan fingerprint density at radius 3 is 2.67 bits per heavy atom. The number of nitrogens with zero attached hydrogens (tertiary/aromatic N) is 1. The van der Waals surface area contributed by atoms with Crippen molar-refractivity contribution in [2.24, 2.45) is 0 Å². The van der Waals surface area contributed by atoms with Gasteiger partial charge in [0.25, 0.3) is 0 Å². The van der Waals surface area contributed by atoms with E-state index in [2.05, 4.69) is 10.6 Å². The van der Waals surface area contributed by atoms with E-state index < -0.39 is 6.10 Å². The van der Waals surface area contributed by atoms with Crippen LogP contribution in [0.15, 0.2) is 36.4 Å². The van der Waals surface area contributed by atoms with Gasteiger partial charge in [0, 0.05) is 23.7 Å². The molecule has 3 N–H and O–H groups in total. The van der Waals surface area contributed by atoms with Crippen molar-refractivity contribution in [3.05, 3.63) is 47.5 Å². The van der Waals surface area contributed by atoms with E-state index in [0.29, 0.717) is 35.9 Å². The number of likely N-dealkylation sites (N-methyl/N-ethyl adjacent to an activating group) is 1. The highest BCUT2D eigenvalue weighted by atomic mass is 16.7. The number of nitrogens with one attached hydrogen (secondary N) is 2. The molecule has 10 heteroatoms. The summed E-state index contributed by atoms with van der Waals surface area (Å²) in [6, 6.07) is 11.1. The third kappa shape index (κ3) is 5.25. The second-order valence-electron chi connectivity index (χ2n) is 9.61. The number of hydrogen-bond acceptors (Lipinski definition) is 8. The van der Waals surface area contributed by atoms with Gasteiger partial charge in [-0.3, -0.25) is 9.59 Å². The maximum Gasteiger partial charge on any atom is 0.238 e. The number of fused-ring (bicyclic) bond motifs is 4. The number of anilines is 1. The van der Waals surface area contributed by atoms with Crippen LogP contribution in [-0.4, -0.2) is 74.2 Å². The molecule has 0 spiro atoms. The lowest BCUT2D eigenvalue weighted by atomic mass is 9.84. The van der Waals surface area contributed by atoms with Crippen molar-refractivity contribution in [2.75, 3.05) is 39.4 Å². The molecule has 0 radical (unpaired) electrons. The molecule has 5 rings (SSSR count). The summed E-state index contributed by atoms with van der Waals surface area (Å²) in [6.45, 7) is 0.634. The standard InChI is InChI=1S/C26H31N3O7/c1-29(2)12-25(32)28-16-4-6-20-18(8-16)19-9-17(35-23(13-30)26(19)36-20)10-24(31)27-11-15-3-5-21-22(7-15)34-14-33-21/h3-8,17,19,23,26,30H,9-14H2,1-2H3,(H,27,31)(H,28,32)/t17-,19+,23-,26-/m0/s1. The lowest BCUT2D eigenvalue weighted by Crippen LogP contribution is -2.47. The number of amides is 2. The Bertz CT molecular complexity index is 1140. The molecule has 4 atom stereocenters. The molecule has 3 aliphatic rings. The Balaban J connectivity index is 1.22. The first kappa shape index (κ1) is 24.4. The van der Waals surface area contributed by atoms with Gasteiger partial charge >= 0.3 is 0 Å². The molecule has 2 amide bonds. The minimum Gasteiger partial charge on any atom is -0.487 e. The van der Waals surface area contributed by atoms with Crippen LogP contribution in [0.1, 0.15) is 29.9 Å². The summed E-state index contributed by atoms with van der Waals surface area (Å²) < 4.78 is 22.9. The van der Waals surface area contributed by atoms with E-state index in [9.17, 15) is 14.7 Å². The molecule has 2 aromatic rings. The number of carbonyl (C=O) groups excluding carboxylic acids is 2. The lowest BCUT2D eigenvalue weighted by molar-refractivity contribution is -0.142. The predicted octanol–water partition coefficient (Wildman–Crippen LogP) is 1.62. The zero-order valence-corrected chi connectivity index (χ0v) is 20.4. The van der Waals surface area contributed by atoms with Crippen molar-refractivity contribution in [3.63, 3.8) is 0 Å². The molecular weight excluding hydrogens is 466 g/mol. The summed E-state index contributed by atoms with van der Waals surface area (Å²) in [7, 11) is 3.67. The van der Waals surface area contributed by atoms with Gasteiger partial charge in [-0.15, -0.1) is 0 Å². The van der Waals surface area contributed by atoms with E-state index in [-0.39, 0.29) is 56.3 Å². The van der Waals surface area contributed by atoms with Gasteiger partial charge in [0.05, 0.1) is 25.7 Å². The van der Waals surface area contributed by atoms with E-state index in [1.807, 2.05) is 44.4 Å². The van der Waals surface area contributed by atoms with Gasteiger partial charge < -0.3 is 39.6 Å². The van der Waals surface area contributed by atoms with Crippen molar-refractivity contribution < 1.29 is 33.6 Å². The molecular formula is C26H31N3O7. The quantitative estimate of drug-likeness (QED) is 0.504. The second-order valence-corrected chi connectivity index (χ2v) is 9.61. The number of ether oxygens (including phenoxy) is 4. The van der Waals surface area contributed by atoms with Crippen LogP contribution < -0.4 is 24.8 Å². The van der Waals surface area contributed by atoms with E-state index in [1.165, 1.54) is 0 Å². The molecule has 10 nitrogen and oxygen atoms in total. The van der Waals surface area contributed by atoms with E-state index in [1.54, 1.807) is 11.0 Å². The topological polar surface area (TPSA) is 119 Å². The first-order chi connectivity index (χ1) is 17.4. The third-order valence-corrected chi connectivity index (χ3v) is 6.58. The molecule has 1 saturated heterocycles. The average Bonchev–Trinajstić information content (AvgIpc) is 3.46. The van der Waals surface area contributed by atoms with Crippen LogP contribution in [0.4, 0.5) is 5.69 Å². The lowest BCUT2D eigenvalue weighted by Gasteiger charge is -2.37. The monoisotopic (exact) mass is 497 g/mol. The normalized spacial score (nSPS) is 23.6. The molecule has 192 valence electrons. The summed E-state index contributed by atoms with van der Waals surface area (Å²) in [6.07, 6.45) is -0.526. The van der Waals surface area contributed by atoms with Gasteiger partial charge in [0.1, 0.15) is 18.0 Å². The summed E-state index contributed by atoms with van der Waals surface area (Å²) in [5.74, 6) is 1.79. The van der Waals surface area contributed by atoms with Crippen LogP contribution in [0.5, 0.6) is 17.2 Å². The van der Waals surface area contributed by atoms with Crippen LogP contribution in [0.2, 0.25) is 0 Å². The largest absolute Gasteiger partial charge is 0.487 e. The summed E-state index contributed by atoms with van der Waals surface area (Å²) in [4.78, 5) is 26.7. The van der Waals surface area contributed by atoms with Gasteiger partial charge in [-0.25, -0.2) is 0 Å². The second kappa shape index (κ2) is 10.3. The van der Waals surface area contributed by atoms with Crippen molar-refractivity contribution in [2.45, 2.75) is 43.6 Å². The average molecular weight is 498 g/mol. The van der Waals surface area contributed by atoms with Crippen LogP contribution in [-0.2, 0) is 20.9 Å². The van der Waals surface area contributed by atoms with Crippen molar-refractivity contribution in [1.82, 2.24) is 10.2 Å². The van der Waals surface area contributed by atoms with Crippen LogP contribution in [0.3, 0.4) is 0 Å². The van der Waals surface area contributed by atoms with Gasteiger partial charge in [0.15, 0.2) is 11.5 Å². The Kier molecular flexibility index (Phi) is 6.99. The van der Waals surface area contributed by atoms with Crippen LogP contribution in [0.25, 0.3) is 0 Å². The molecule has 0 aromatic heterocycles. The number of benzene rings is 2. The minimum atomic E-state index is -0.547. The minimum absolute atomic E-state index is 0.0525. The van der Waals surface area contributed by atoms with Crippen LogP contribution in [0, 0.1) is 0 Å².